The second-order valence-electron chi connectivity index (χ2n) is 8.60. The summed E-state index contributed by atoms with van der Waals surface area (Å²) in [4.78, 5) is 16.1. The van der Waals surface area contributed by atoms with Crippen molar-refractivity contribution in [2.45, 2.75) is 70.7 Å². The van der Waals surface area contributed by atoms with Gasteiger partial charge in [-0.3, -0.25) is 4.57 Å². The Morgan fingerprint density at radius 2 is 2.15 bits per heavy atom. The van der Waals surface area contributed by atoms with E-state index in [0.717, 1.165) is 5.56 Å². The van der Waals surface area contributed by atoms with Crippen molar-refractivity contribution in [2.24, 2.45) is 0 Å². The van der Waals surface area contributed by atoms with Gasteiger partial charge in [0.25, 0.3) is 0 Å². The lowest BCUT2D eigenvalue weighted by Gasteiger charge is -2.37. The molecule has 27 heavy (non-hydrogen) atoms. The van der Waals surface area contributed by atoms with Crippen LogP contribution >= 0.6 is 0 Å². The van der Waals surface area contributed by atoms with Crippen molar-refractivity contribution >= 4 is 14.1 Å². The van der Waals surface area contributed by atoms with Gasteiger partial charge < -0.3 is 19.6 Å². The van der Waals surface area contributed by atoms with Gasteiger partial charge in [0.15, 0.2) is 8.32 Å². The zero-order chi connectivity index (χ0) is 20.4. The fourth-order valence-corrected chi connectivity index (χ4v) is 3.69. The Balaban J connectivity index is 2.17. The summed E-state index contributed by atoms with van der Waals surface area (Å²) in [5.74, 6) is 0.242. The number of ether oxygens (including phenoxy) is 2. The maximum absolute atomic E-state index is 12.3. The van der Waals surface area contributed by atoms with Crippen LogP contribution in [-0.4, -0.2) is 43.3 Å². The molecule has 0 spiro atoms. The average Bonchev–Trinajstić information content (AvgIpc) is 2.96. The molecule has 0 radical (unpaired) electrons. The number of hydrogen-bond donors (Lipinski definition) is 1. The highest BCUT2D eigenvalue weighted by molar-refractivity contribution is 6.74. The molecular formula is C19H33N3O4Si. The minimum Gasteiger partial charge on any atom is -0.414 e. The highest BCUT2D eigenvalue weighted by Crippen LogP contribution is 2.38. The van der Waals surface area contributed by atoms with E-state index in [-0.39, 0.29) is 23.1 Å². The van der Waals surface area contributed by atoms with Gasteiger partial charge in [0, 0.05) is 18.2 Å². The number of nitrogens with two attached hydrogens (primary N) is 1. The quantitative estimate of drug-likeness (QED) is 0.564. The number of hydrogen-bond acceptors (Lipinski definition) is 6. The average molecular weight is 396 g/mol. The Morgan fingerprint density at radius 1 is 1.48 bits per heavy atom. The molecule has 3 atom stereocenters. The van der Waals surface area contributed by atoms with E-state index in [1.54, 1.807) is 12.3 Å². The molecule has 152 valence electrons. The Kier molecular flexibility index (Phi) is 6.67. The van der Waals surface area contributed by atoms with Gasteiger partial charge in [0.05, 0.1) is 19.3 Å². The number of nitrogen functional groups attached to an aromatic ring is 1. The molecule has 1 fully saturated rings. The van der Waals surface area contributed by atoms with Gasteiger partial charge in [-0.15, -0.1) is 6.58 Å². The molecule has 2 N–H and O–H groups in total. The summed E-state index contributed by atoms with van der Waals surface area (Å²) >= 11 is 0. The molecule has 0 aliphatic carbocycles. The van der Waals surface area contributed by atoms with Crippen molar-refractivity contribution < 1.29 is 13.9 Å². The molecule has 0 saturated carbocycles. The summed E-state index contributed by atoms with van der Waals surface area (Å²) in [5.41, 5.74) is 6.05. The van der Waals surface area contributed by atoms with Crippen LogP contribution in [0.5, 0.6) is 0 Å². The topological polar surface area (TPSA) is 88.6 Å². The van der Waals surface area contributed by atoms with Crippen molar-refractivity contribution in [3.63, 3.8) is 0 Å². The molecule has 0 aromatic carbocycles. The van der Waals surface area contributed by atoms with E-state index < -0.39 is 20.2 Å². The van der Waals surface area contributed by atoms with Crippen molar-refractivity contribution in [3.8, 4) is 0 Å². The van der Waals surface area contributed by atoms with Crippen LogP contribution in [0.3, 0.4) is 0 Å². The number of anilines is 1. The van der Waals surface area contributed by atoms with Crippen LogP contribution in [0, 0.1) is 6.92 Å². The largest absolute Gasteiger partial charge is 0.414 e. The normalized spacial score (nSPS) is 23.6. The Morgan fingerprint density at radius 3 is 2.74 bits per heavy atom. The summed E-state index contributed by atoms with van der Waals surface area (Å²) in [5, 5.41) is 0.109. The Bertz CT molecular complexity index is 727. The van der Waals surface area contributed by atoms with Crippen LogP contribution in [0.25, 0.3) is 0 Å². The highest BCUT2D eigenvalue weighted by Gasteiger charge is 2.42. The third-order valence-corrected chi connectivity index (χ3v) is 10.0. The molecule has 0 bridgehead atoms. The van der Waals surface area contributed by atoms with Crippen LogP contribution in [-0.2, 0) is 13.9 Å². The summed E-state index contributed by atoms with van der Waals surface area (Å²) in [6.45, 7) is 17.4. The van der Waals surface area contributed by atoms with E-state index in [1.165, 1.54) is 4.57 Å². The maximum atomic E-state index is 12.3. The summed E-state index contributed by atoms with van der Waals surface area (Å²) in [6.07, 6.45) is 3.06. The SMILES string of the molecule is C=CCOC1C[C@H](n2cc(C)c(N)nc2=O)O[C@@H]1CO[Si](C)(C)C(C)(C)C. The molecule has 1 unspecified atom stereocenters. The Hall–Kier alpha value is -1.48. The van der Waals surface area contributed by atoms with Crippen LogP contribution in [0.15, 0.2) is 23.6 Å². The highest BCUT2D eigenvalue weighted by atomic mass is 28.4. The molecule has 0 amide bonds. The zero-order valence-corrected chi connectivity index (χ0v) is 18.3. The molecule has 2 heterocycles. The minimum atomic E-state index is -1.92. The van der Waals surface area contributed by atoms with Gasteiger partial charge in [-0.05, 0) is 25.1 Å². The number of aryl methyl sites for hydroxylation is 1. The molecule has 1 aliphatic rings. The predicted molar refractivity (Wildman–Crippen MR) is 109 cm³/mol. The van der Waals surface area contributed by atoms with Crippen molar-refractivity contribution in [1.29, 1.82) is 0 Å². The first-order valence-electron chi connectivity index (χ1n) is 9.33. The molecule has 7 nitrogen and oxygen atoms in total. The zero-order valence-electron chi connectivity index (χ0n) is 17.3. The Labute approximate surface area is 162 Å². The third kappa shape index (κ3) is 5.07. The summed E-state index contributed by atoms with van der Waals surface area (Å²) < 4.78 is 19.9. The summed E-state index contributed by atoms with van der Waals surface area (Å²) in [6, 6.07) is 0. The third-order valence-electron chi connectivity index (χ3n) is 5.51. The van der Waals surface area contributed by atoms with E-state index in [2.05, 4.69) is 45.4 Å². The van der Waals surface area contributed by atoms with Crippen molar-refractivity contribution in [1.82, 2.24) is 9.55 Å². The van der Waals surface area contributed by atoms with Gasteiger partial charge >= 0.3 is 5.69 Å². The lowest BCUT2D eigenvalue weighted by atomic mass is 10.2. The number of rotatable bonds is 7. The van der Waals surface area contributed by atoms with Crippen LogP contribution < -0.4 is 11.4 Å². The van der Waals surface area contributed by atoms with Gasteiger partial charge in [0.1, 0.15) is 18.1 Å². The fourth-order valence-electron chi connectivity index (χ4n) is 2.68. The molecule has 8 heteroatoms. The molecular weight excluding hydrogens is 362 g/mol. The number of nitrogens with zero attached hydrogens (tertiary/aromatic N) is 2. The first-order chi connectivity index (χ1) is 12.5. The number of aromatic nitrogens is 2. The van der Waals surface area contributed by atoms with Gasteiger partial charge in [-0.25, -0.2) is 4.79 Å². The smallest absolute Gasteiger partial charge is 0.351 e. The molecule has 2 rings (SSSR count). The second-order valence-corrected chi connectivity index (χ2v) is 13.4. The van der Waals surface area contributed by atoms with Crippen LogP contribution in [0.2, 0.25) is 18.1 Å². The molecule has 1 aromatic heterocycles. The van der Waals surface area contributed by atoms with Gasteiger partial charge in [-0.2, -0.15) is 4.98 Å². The van der Waals surface area contributed by atoms with E-state index in [9.17, 15) is 4.79 Å². The van der Waals surface area contributed by atoms with Crippen LogP contribution in [0.1, 0.15) is 39.0 Å². The molecule has 1 aliphatic heterocycles. The molecule has 1 saturated heterocycles. The van der Waals surface area contributed by atoms with Crippen LogP contribution in [0.4, 0.5) is 5.82 Å². The van der Waals surface area contributed by atoms with Crippen molar-refractivity contribution in [2.75, 3.05) is 18.9 Å². The standard InChI is InChI=1S/C19H33N3O4Si/c1-8-9-24-14-10-16(22-11-13(2)17(20)21-18(22)23)26-15(14)12-25-27(6,7)19(3,4)5/h8,11,14-16H,1,9-10,12H2,2-7H3,(H2,20,21,23)/t14?,15-,16-/m1/s1. The monoisotopic (exact) mass is 395 g/mol. The van der Waals surface area contributed by atoms with Gasteiger partial charge in [-0.1, -0.05) is 26.8 Å². The first-order valence-corrected chi connectivity index (χ1v) is 12.2. The van der Waals surface area contributed by atoms with Gasteiger partial charge in [0.2, 0.25) is 0 Å². The summed E-state index contributed by atoms with van der Waals surface area (Å²) in [7, 11) is -1.92. The van der Waals surface area contributed by atoms with E-state index in [0.29, 0.717) is 19.6 Å². The maximum Gasteiger partial charge on any atom is 0.351 e. The van der Waals surface area contributed by atoms with E-state index >= 15 is 0 Å². The lowest BCUT2D eigenvalue weighted by molar-refractivity contribution is -0.0556. The molecule has 1 aromatic rings. The second kappa shape index (κ2) is 8.26. The minimum absolute atomic E-state index is 0.109. The van der Waals surface area contributed by atoms with Crippen molar-refractivity contribution in [3.05, 3.63) is 34.9 Å². The fraction of sp³-hybridized carbons (Fsp3) is 0.684. The first kappa shape index (κ1) is 21.8. The predicted octanol–water partition coefficient (Wildman–Crippen LogP) is 3.01. The lowest BCUT2D eigenvalue weighted by Crippen LogP contribution is -2.44. The van der Waals surface area contributed by atoms with E-state index in [4.69, 9.17) is 19.6 Å². The van der Waals surface area contributed by atoms with E-state index in [1.807, 2.05) is 6.92 Å².